The molecule has 0 bridgehead atoms. The van der Waals surface area contributed by atoms with E-state index < -0.39 is 5.91 Å². The number of nitrogens with one attached hydrogen (secondary N) is 2. The van der Waals surface area contributed by atoms with E-state index in [0.29, 0.717) is 18.5 Å². The van der Waals surface area contributed by atoms with Crippen LogP contribution in [-0.4, -0.2) is 31.4 Å². The first kappa shape index (κ1) is 19.3. The Hall–Kier alpha value is -3.42. The molecule has 0 radical (unpaired) electrons. The summed E-state index contributed by atoms with van der Waals surface area (Å²) in [4.78, 5) is 24.6. The number of aromatic nitrogens is 4. The molecule has 2 amide bonds. The van der Waals surface area contributed by atoms with Crippen LogP contribution in [0.4, 0.5) is 0 Å². The highest BCUT2D eigenvalue weighted by Gasteiger charge is 2.17. The molecule has 8 nitrogen and oxygen atoms in total. The highest BCUT2D eigenvalue weighted by Crippen LogP contribution is 2.12. The fourth-order valence-corrected chi connectivity index (χ4v) is 3.07. The molecule has 2 heterocycles. The van der Waals surface area contributed by atoms with Gasteiger partial charge in [-0.2, -0.15) is 10.2 Å². The number of hydrazine groups is 1. The van der Waals surface area contributed by atoms with Gasteiger partial charge >= 0.3 is 0 Å². The van der Waals surface area contributed by atoms with Gasteiger partial charge in [-0.3, -0.25) is 29.8 Å². The van der Waals surface area contributed by atoms with Crippen molar-refractivity contribution < 1.29 is 9.59 Å². The average molecular weight is 380 g/mol. The van der Waals surface area contributed by atoms with E-state index in [1.54, 1.807) is 4.68 Å². The van der Waals surface area contributed by atoms with Gasteiger partial charge < -0.3 is 0 Å². The van der Waals surface area contributed by atoms with E-state index in [1.807, 2.05) is 61.9 Å². The molecule has 8 heteroatoms. The van der Waals surface area contributed by atoms with Gasteiger partial charge in [0.1, 0.15) is 6.54 Å². The molecule has 146 valence electrons. The van der Waals surface area contributed by atoms with Crippen LogP contribution in [0.25, 0.3) is 0 Å². The number of hydrogen-bond acceptors (Lipinski definition) is 4. The number of amides is 2. The maximum atomic E-state index is 12.5. The van der Waals surface area contributed by atoms with Gasteiger partial charge in [0.15, 0.2) is 0 Å². The Morgan fingerprint density at radius 2 is 1.82 bits per heavy atom. The third-order valence-electron chi connectivity index (χ3n) is 4.42. The van der Waals surface area contributed by atoms with Crippen molar-refractivity contribution in [2.75, 3.05) is 0 Å². The summed E-state index contributed by atoms with van der Waals surface area (Å²) < 4.78 is 3.40. The van der Waals surface area contributed by atoms with Gasteiger partial charge in [0, 0.05) is 5.69 Å². The molecule has 0 saturated heterocycles. The molecule has 2 aromatic heterocycles. The maximum Gasteiger partial charge on any atom is 0.273 e. The Morgan fingerprint density at radius 3 is 2.46 bits per heavy atom. The first-order valence-corrected chi connectivity index (χ1v) is 9.16. The molecule has 0 aliphatic heterocycles. The summed E-state index contributed by atoms with van der Waals surface area (Å²) in [7, 11) is 0. The summed E-state index contributed by atoms with van der Waals surface area (Å²) in [6.45, 7) is 6.33. The number of hydrogen-bond donors (Lipinski definition) is 2. The van der Waals surface area contributed by atoms with Crippen molar-refractivity contribution in [3.8, 4) is 0 Å². The molecule has 0 unspecified atom stereocenters. The molecule has 2 N–H and O–H groups in total. The fraction of sp³-hybridized carbons (Fsp3) is 0.300. The summed E-state index contributed by atoms with van der Waals surface area (Å²) in [5.74, 6) is -0.743. The minimum absolute atomic E-state index is 0.0356. The first-order chi connectivity index (χ1) is 13.5. The zero-order valence-electron chi connectivity index (χ0n) is 16.3. The van der Waals surface area contributed by atoms with Crippen molar-refractivity contribution in [1.29, 1.82) is 0 Å². The van der Waals surface area contributed by atoms with Gasteiger partial charge in [-0.1, -0.05) is 37.3 Å². The van der Waals surface area contributed by atoms with Crippen molar-refractivity contribution >= 4 is 11.8 Å². The van der Waals surface area contributed by atoms with Gasteiger partial charge in [0.05, 0.1) is 29.7 Å². The van der Waals surface area contributed by atoms with Crippen molar-refractivity contribution in [1.82, 2.24) is 30.4 Å². The second-order valence-corrected chi connectivity index (χ2v) is 6.59. The summed E-state index contributed by atoms with van der Waals surface area (Å²) in [6.07, 6.45) is 2.18. The van der Waals surface area contributed by atoms with Crippen molar-refractivity contribution in [2.24, 2.45) is 0 Å². The smallest absolute Gasteiger partial charge is 0.271 e. The molecular weight excluding hydrogens is 356 g/mol. The van der Waals surface area contributed by atoms with Gasteiger partial charge in [-0.05, 0) is 31.9 Å². The minimum atomic E-state index is -0.391. The second-order valence-electron chi connectivity index (χ2n) is 6.59. The van der Waals surface area contributed by atoms with E-state index in [4.69, 9.17) is 0 Å². The van der Waals surface area contributed by atoms with Crippen molar-refractivity contribution in [2.45, 2.75) is 40.3 Å². The molecule has 3 aromatic rings. The van der Waals surface area contributed by atoms with Gasteiger partial charge in [0.2, 0.25) is 0 Å². The standard InChI is InChI=1S/C20H24N6O2/c1-4-18-17(11-21-26(18)12-16-8-6-5-7-9-16)20(28)23-22-19(27)13-25-15(3)10-14(2)24-25/h5-11H,4,12-13H2,1-3H3,(H,22,27)(H,23,28). The SMILES string of the molecule is CCc1c(C(=O)NNC(=O)Cn2nc(C)cc2C)cnn1Cc1ccccc1. The van der Waals surface area contributed by atoms with Crippen LogP contribution in [-0.2, 0) is 24.3 Å². The Kier molecular flexibility index (Phi) is 5.88. The van der Waals surface area contributed by atoms with Crippen LogP contribution in [0, 0.1) is 13.8 Å². The Labute approximate surface area is 163 Å². The number of benzene rings is 1. The van der Waals surface area contributed by atoms with Crippen LogP contribution < -0.4 is 10.9 Å². The van der Waals surface area contributed by atoms with Crippen LogP contribution in [0.1, 0.15) is 39.9 Å². The normalized spacial score (nSPS) is 10.7. The lowest BCUT2D eigenvalue weighted by Crippen LogP contribution is -2.43. The summed E-state index contributed by atoms with van der Waals surface area (Å²) >= 11 is 0. The largest absolute Gasteiger partial charge is 0.273 e. The second kappa shape index (κ2) is 8.51. The molecule has 0 saturated carbocycles. The van der Waals surface area contributed by atoms with Crippen LogP contribution in [0.3, 0.4) is 0 Å². The minimum Gasteiger partial charge on any atom is -0.271 e. The van der Waals surface area contributed by atoms with E-state index in [1.165, 1.54) is 6.20 Å². The lowest BCUT2D eigenvalue weighted by atomic mass is 10.2. The third-order valence-corrected chi connectivity index (χ3v) is 4.42. The molecule has 3 rings (SSSR count). The molecule has 28 heavy (non-hydrogen) atoms. The maximum absolute atomic E-state index is 12.5. The van der Waals surface area contributed by atoms with Crippen LogP contribution in [0.5, 0.6) is 0 Å². The van der Waals surface area contributed by atoms with Crippen molar-refractivity contribution in [3.63, 3.8) is 0 Å². The zero-order chi connectivity index (χ0) is 20.1. The van der Waals surface area contributed by atoms with Gasteiger partial charge in [-0.25, -0.2) is 0 Å². The Bertz CT molecular complexity index is 974. The quantitative estimate of drug-likeness (QED) is 0.637. The zero-order valence-corrected chi connectivity index (χ0v) is 16.3. The van der Waals surface area contributed by atoms with Crippen LogP contribution in [0.2, 0.25) is 0 Å². The highest BCUT2D eigenvalue weighted by atomic mass is 16.2. The molecule has 1 aromatic carbocycles. The highest BCUT2D eigenvalue weighted by molar-refractivity contribution is 5.96. The molecule has 0 atom stereocenters. The summed E-state index contributed by atoms with van der Waals surface area (Å²) in [5, 5.41) is 8.58. The molecular formula is C20H24N6O2. The fourth-order valence-electron chi connectivity index (χ4n) is 3.07. The molecule has 0 aliphatic carbocycles. The number of aryl methyl sites for hydroxylation is 2. The number of nitrogens with zero attached hydrogens (tertiary/aromatic N) is 4. The van der Waals surface area contributed by atoms with Crippen molar-refractivity contribution in [3.05, 3.63) is 70.8 Å². The number of carbonyl (C=O) groups excluding carboxylic acids is 2. The molecule has 0 fully saturated rings. The first-order valence-electron chi connectivity index (χ1n) is 9.16. The van der Waals surface area contributed by atoms with Crippen LogP contribution >= 0.6 is 0 Å². The molecule has 0 aliphatic rings. The van der Waals surface area contributed by atoms with E-state index in [-0.39, 0.29) is 12.5 Å². The summed E-state index contributed by atoms with van der Waals surface area (Å²) in [6, 6.07) is 11.8. The van der Waals surface area contributed by atoms with Gasteiger partial charge in [0.25, 0.3) is 11.8 Å². The number of rotatable bonds is 6. The predicted molar refractivity (Wildman–Crippen MR) is 104 cm³/mol. The van der Waals surface area contributed by atoms with E-state index in [9.17, 15) is 9.59 Å². The summed E-state index contributed by atoms with van der Waals surface area (Å²) in [5.41, 5.74) is 8.99. The lowest BCUT2D eigenvalue weighted by Gasteiger charge is -2.10. The van der Waals surface area contributed by atoms with E-state index >= 15 is 0 Å². The third kappa shape index (κ3) is 4.46. The molecule has 0 spiro atoms. The van der Waals surface area contributed by atoms with E-state index in [2.05, 4.69) is 21.0 Å². The average Bonchev–Trinajstić information content (AvgIpc) is 3.22. The Balaban J connectivity index is 1.62. The Morgan fingerprint density at radius 1 is 1.07 bits per heavy atom. The van der Waals surface area contributed by atoms with Gasteiger partial charge in [-0.15, -0.1) is 0 Å². The monoisotopic (exact) mass is 380 g/mol. The van der Waals surface area contributed by atoms with E-state index in [0.717, 1.165) is 22.6 Å². The lowest BCUT2D eigenvalue weighted by molar-refractivity contribution is -0.122. The van der Waals surface area contributed by atoms with Crippen LogP contribution in [0.15, 0.2) is 42.6 Å². The topological polar surface area (TPSA) is 93.8 Å². The number of carbonyl (C=O) groups is 2. The predicted octanol–water partition coefficient (Wildman–Crippen LogP) is 1.77.